The monoisotopic (exact) mass is 440 g/mol. The molecule has 0 radical (unpaired) electrons. The Balaban J connectivity index is 1.34. The summed E-state index contributed by atoms with van der Waals surface area (Å²) < 4.78 is 2.97. The Bertz CT molecular complexity index is 928. The van der Waals surface area contributed by atoms with Gasteiger partial charge in [0, 0.05) is 35.8 Å². The van der Waals surface area contributed by atoms with E-state index in [1.54, 1.807) is 12.4 Å². The lowest BCUT2D eigenvalue weighted by molar-refractivity contribution is 0.211. The van der Waals surface area contributed by atoms with Crippen molar-refractivity contribution in [2.45, 2.75) is 39.3 Å². The fourth-order valence-electron chi connectivity index (χ4n) is 3.68. The smallest absolute Gasteiger partial charge is 0.174 e. The number of piperidine rings is 1. The van der Waals surface area contributed by atoms with Crippen molar-refractivity contribution in [2.75, 3.05) is 18.4 Å². The molecule has 1 aliphatic rings. The number of benzene rings is 1. The molecular formula is C21H25BrN6. The van der Waals surface area contributed by atoms with E-state index in [4.69, 9.17) is 4.98 Å². The van der Waals surface area contributed by atoms with Crippen LogP contribution in [0.5, 0.6) is 0 Å². The highest BCUT2D eigenvalue weighted by atomic mass is 79.9. The van der Waals surface area contributed by atoms with Gasteiger partial charge in [0.15, 0.2) is 5.82 Å². The first-order valence-corrected chi connectivity index (χ1v) is 10.4. The molecule has 3 heterocycles. The van der Waals surface area contributed by atoms with Crippen LogP contribution in [0.3, 0.4) is 0 Å². The van der Waals surface area contributed by atoms with Crippen LogP contribution < -0.4 is 5.32 Å². The molecule has 7 heteroatoms. The maximum Gasteiger partial charge on any atom is 0.174 e. The van der Waals surface area contributed by atoms with Crippen molar-refractivity contribution in [1.82, 2.24) is 24.6 Å². The second-order valence-electron chi connectivity index (χ2n) is 7.42. The minimum atomic E-state index is 0.422. The van der Waals surface area contributed by atoms with Crippen molar-refractivity contribution in [3.05, 3.63) is 64.1 Å². The number of nitrogens with zero attached hydrogens (tertiary/aromatic N) is 5. The van der Waals surface area contributed by atoms with E-state index in [1.165, 1.54) is 5.56 Å². The Morgan fingerprint density at radius 1 is 1.11 bits per heavy atom. The average molecular weight is 441 g/mol. The number of likely N-dealkylation sites (tertiary alicyclic amines) is 1. The lowest BCUT2D eigenvalue weighted by Crippen LogP contribution is -2.38. The van der Waals surface area contributed by atoms with Crippen LogP contribution in [-0.2, 0) is 6.54 Å². The molecule has 6 nitrogen and oxygen atoms in total. The van der Waals surface area contributed by atoms with Gasteiger partial charge in [0.05, 0.1) is 18.1 Å². The standard InChI is InChI=1S/C21H25BrN6/c1-15-11-16(2)28(26-15)21-13-23-12-20(25-21)24-19-7-9-27(10-8-19)14-17-3-5-18(22)6-4-17/h3-6,11-13,19H,7-10,14H2,1-2H3,(H,24,25). The largest absolute Gasteiger partial charge is 0.366 e. The molecule has 0 saturated carbocycles. The van der Waals surface area contributed by atoms with Crippen LogP contribution in [0.1, 0.15) is 29.8 Å². The molecule has 1 aliphatic heterocycles. The van der Waals surface area contributed by atoms with Crippen molar-refractivity contribution in [3.8, 4) is 5.82 Å². The van der Waals surface area contributed by atoms with E-state index in [2.05, 4.69) is 60.5 Å². The van der Waals surface area contributed by atoms with Crippen molar-refractivity contribution in [3.63, 3.8) is 0 Å². The zero-order chi connectivity index (χ0) is 19.5. The highest BCUT2D eigenvalue weighted by Crippen LogP contribution is 2.19. The van der Waals surface area contributed by atoms with Crippen LogP contribution in [0.2, 0.25) is 0 Å². The molecule has 3 aromatic rings. The Morgan fingerprint density at radius 3 is 2.54 bits per heavy atom. The van der Waals surface area contributed by atoms with E-state index < -0.39 is 0 Å². The van der Waals surface area contributed by atoms with Crippen LogP contribution in [-0.4, -0.2) is 43.8 Å². The van der Waals surface area contributed by atoms with Gasteiger partial charge in [-0.2, -0.15) is 5.10 Å². The molecule has 0 unspecified atom stereocenters. The van der Waals surface area contributed by atoms with E-state index in [0.717, 1.165) is 60.0 Å². The second kappa shape index (κ2) is 8.41. The number of hydrogen-bond donors (Lipinski definition) is 1. The molecule has 4 rings (SSSR count). The summed E-state index contributed by atoms with van der Waals surface area (Å²) >= 11 is 3.50. The Kier molecular flexibility index (Phi) is 5.73. The van der Waals surface area contributed by atoms with Crippen molar-refractivity contribution in [2.24, 2.45) is 0 Å². The Hall–Kier alpha value is -2.25. The van der Waals surface area contributed by atoms with Crippen LogP contribution >= 0.6 is 15.9 Å². The van der Waals surface area contributed by atoms with E-state index in [0.29, 0.717) is 6.04 Å². The van der Waals surface area contributed by atoms with Gasteiger partial charge in [0.2, 0.25) is 0 Å². The molecule has 0 atom stereocenters. The number of anilines is 1. The minimum Gasteiger partial charge on any atom is -0.366 e. The lowest BCUT2D eigenvalue weighted by Gasteiger charge is -2.32. The normalized spacial score (nSPS) is 15.7. The summed E-state index contributed by atoms with van der Waals surface area (Å²) in [5.74, 6) is 1.57. The predicted octanol–water partition coefficient (Wildman–Crippen LogP) is 4.12. The molecule has 0 bridgehead atoms. The third-order valence-corrected chi connectivity index (χ3v) is 5.64. The van der Waals surface area contributed by atoms with Gasteiger partial charge < -0.3 is 5.32 Å². The van der Waals surface area contributed by atoms with Gasteiger partial charge in [0.1, 0.15) is 5.82 Å². The minimum absolute atomic E-state index is 0.422. The fourth-order valence-corrected chi connectivity index (χ4v) is 3.95. The van der Waals surface area contributed by atoms with Gasteiger partial charge >= 0.3 is 0 Å². The number of aromatic nitrogens is 4. The SMILES string of the molecule is Cc1cc(C)n(-c2cncc(NC3CCN(Cc4ccc(Br)cc4)CC3)n2)n1. The zero-order valence-electron chi connectivity index (χ0n) is 16.3. The maximum absolute atomic E-state index is 4.72. The molecule has 1 fully saturated rings. The third-order valence-electron chi connectivity index (χ3n) is 5.11. The van der Waals surface area contributed by atoms with Crippen molar-refractivity contribution in [1.29, 1.82) is 0 Å². The summed E-state index contributed by atoms with van der Waals surface area (Å²) in [4.78, 5) is 11.6. The van der Waals surface area contributed by atoms with E-state index >= 15 is 0 Å². The molecule has 1 saturated heterocycles. The Labute approximate surface area is 174 Å². The molecule has 2 aromatic heterocycles. The molecule has 0 amide bonds. The summed E-state index contributed by atoms with van der Waals surface area (Å²) in [7, 11) is 0. The first kappa shape index (κ1) is 19.1. The van der Waals surface area contributed by atoms with Gasteiger partial charge in [-0.05, 0) is 50.5 Å². The predicted molar refractivity (Wildman–Crippen MR) is 115 cm³/mol. The fraction of sp³-hybridized carbons (Fsp3) is 0.381. The quantitative estimate of drug-likeness (QED) is 0.646. The molecular weight excluding hydrogens is 416 g/mol. The lowest BCUT2D eigenvalue weighted by atomic mass is 10.0. The van der Waals surface area contributed by atoms with Crippen LogP contribution in [0, 0.1) is 13.8 Å². The molecule has 0 aliphatic carbocycles. The highest BCUT2D eigenvalue weighted by Gasteiger charge is 2.20. The maximum atomic E-state index is 4.72. The summed E-state index contributed by atoms with van der Waals surface area (Å²) in [6, 6.07) is 11.1. The summed E-state index contributed by atoms with van der Waals surface area (Å²) in [5.41, 5.74) is 3.40. The molecule has 1 aromatic carbocycles. The van der Waals surface area contributed by atoms with Gasteiger partial charge in [-0.15, -0.1) is 0 Å². The van der Waals surface area contributed by atoms with E-state index in [-0.39, 0.29) is 0 Å². The summed E-state index contributed by atoms with van der Waals surface area (Å²) in [5, 5.41) is 8.06. The number of nitrogens with one attached hydrogen (secondary N) is 1. The first-order chi connectivity index (χ1) is 13.6. The summed E-state index contributed by atoms with van der Waals surface area (Å²) in [6.07, 6.45) is 5.75. The van der Waals surface area contributed by atoms with Gasteiger partial charge in [-0.1, -0.05) is 28.1 Å². The average Bonchev–Trinajstić information content (AvgIpc) is 3.04. The highest BCUT2D eigenvalue weighted by molar-refractivity contribution is 9.10. The number of rotatable bonds is 5. The molecule has 146 valence electrons. The molecule has 28 heavy (non-hydrogen) atoms. The second-order valence-corrected chi connectivity index (χ2v) is 8.34. The van der Waals surface area contributed by atoms with Crippen molar-refractivity contribution < 1.29 is 0 Å². The molecule has 1 N–H and O–H groups in total. The first-order valence-electron chi connectivity index (χ1n) is 9.66. The molecule has 0 spiro atoms. The number of halogens is 1. The number of aryl methyl sites for hydroxylation is 2. The van der Waals surface area contributed by atoms with Crippen molar-refractivity contribution >= 4 is 21.7 Å². The Morgan fingerprint density at radius 2 is 1.86 bits per heavy atom. The van der Waals surface area contributed by atoms with Gasteiger partial charge in [-0.25, -0.2) is 9.67 Å². The van der Waals surface area contributed by atoms with Crippen LogP contribution in [0.4, 0.5) is 5.82 Å². The van der Waals surface area contributed by atoms with E-state index in [9.17, 15) is 0 Å². The summed E-state index contributed by atoms with van der Waals surface area (Å²) in [6.45, 7) is 7.19. The van der Waals surface area contributed by atoms with Gasteiger partial charge in [-0.3, -0.25) is 9.88 Å². The third kappa shape index (κ3) is 4.59. The van der Waals surface area contributed by atoms with Crippen LogP contribution in [0.25, 0.3) is 5.82 Å². The van der Waals surface area contributed by atoms with Crippen LogP contribution in [0.15, 0.2) is 47.2 Å². The topological polar surface area (TPSA) is 58.9 Å². The van der Waals surface area contributed by atoms with E-state index in [1.807, 2.05) is 24.6 Å². The zero-order valence-corrected chi connectivity index (χ0v) is 17.9. The van der Waals surface area contributed by atoms with Gasteiger partial charge in [0.25, 0.3) is 0 Å². The number of hydrogen-bond acceptors (Lipinski definition) is 5.